The van der Waals surface area contributed by atoms with Gasteiger partial charge in [-0.3, -0.25) is 14.5 Å². The minimum atomic E-state index is -0.660. The fourth-order valence-corrected chi connectivity index (χ4v) is 1.78. The summed E-state index contributed by atoms with van der Waals surface area (Å²) in [5, 5.41) is 9.60. The maximum absolute atomic E-state index is 11.9. The summed E-state index contributed by atoms with van der Waals surface area (Å²) in [6.07, 6.45) is 1.03. The van der Waals surface area contributed by atoms with Crippen LogP contribution in [0.2, 0.25) is 0 Å². The van der Waals surface area contributed by atoms with Crippen molar-refractivity contribution in [3.63, 3.8) is 0 Å². The Morgan fingerprint density at radius 1 is 1.29 bits per heavy atom. The largest absolute Gasteiger partial charge is 0.393 e. The van der Waals surface area contributed by atoms with Crippen molar-refractivity contribution in [3.8, 4) is 0 Å². The van der Waals surface area contributed by atoms with Gasteiger partial charge < -0.3 is 5.11 Å². The van der Waals surface area contributed by atoms with E-state index < -0.39 is 6.10 Å². The molecule has 0 aliphatic heterocycles. The summed E-state index contributed by atoms with van der Waals surface area (Å²) in [6, 6.07) is -0.230. The number of aliphatic hydroxyl groups excluding tert-OH is 1. The second-order valence-electron chi connectivity index (χ2n) is 4.19. The maximum atomic E-state index is 11.9. The molecule has 2 amide bonds. The van der Waals surface area contributed by atoms with Gasteiger partial charge in [-0.25, -0.2) is 0 Å². The summed E-state index contributed by atoms with van der Waals surface area (Å²) in [6.45, 7) is 5.44. The first kappa shape index (κ1) is 16.4. The van der Waals surface area contributed by atoms with Gasteiger partial charge in [0, 0.05) is 18.2 Å². The fourth-order valence-electron chi connectivity index (χ4n) is 1.62. The van der Waals surface area contributed by atoms with Crippen molar-refractivity contribution in [2.45, 2.75) is 58.6 Å². The number of rotatable bonds is 7. The second kappa shape index (κ2) is 8.53. The minimum Gasteiger partial charge on any atom is -0.393 e. The van der Waals surface area contributed by atoms with Crippen molar-refractivity contribution in [3.05, 3.63) is 0 Å². The third-order valence-electron chi connectivity index (χ3n) is 2.58. The SMILES string of the molecule is CCCC(O)CC(=O)N(C(=O)CC)C(C)CS. The molecule has 0 spiro atoms. The van der Waals surface area contributed by atoms with Crippen LogP contribution in [0.4, 0.5) is 0 Å². The lowest BCUT2D eigenvalue weighted by Gasteiger charge is -2.27. The number of aliphatic hydroxyl groups is 1. The molecule has 100 valence electrons. The van der Waals surface area contributed by atoms with E-state index in [1.54, 1.807) is 13.8 Å². The summed E-state index contributed by atoms with van der Waals surface area (Å²) >= 11 is 4.11. The quantitative estimate of drug-likeness (QED) is 0.685. The van der Waals surface area contributed by atoms with Crippen molar-refractivity contribution in [1.29, 1.82) is 0 Å². The summed E-state index contributed by atoms with van der Waals surface area (Å²) in [7, 11) is 0. The van der Waals surface area contributed by atoms with E-state index in [2.05, 4.69) is 12.6 Å². The molecule has 2 atom stereocenters. The highest BCUT2D eigenvalue weighted by Gasteiger charge is 2.26. The van der Waals surface area contributed by atoms with Crippen molar-refractivity contribution in [1.82, 2.24) is 4.90 Å². The lowest BCUT2D eigenvalue weighted by atomic mass is 10.1. The average Bonchev–Trinajstić information content (AvgIpc) is 2.28. The van der Waals surface area contributed by atoms with E-state index in [1.165, 1.54) is 4.90 Å². The van der Waals surface area contributed by atoms with Gasteiger partial charge in [0.1, 0.15) is 0 Å². The number of hydrogen-bond donors (Lipinski definition) is 2. The Balaban J connectivity index is 4.58. The first-order valence-corrected chi connectivity index (χ1v) is 6.74. The molecule has 0 saturated heterocycles. The fraction of sp³-hybridized carbons (Fsp3) is 0.833. The lowest BCUT2D eigenvalue weighted by Crippen LogP contribution is -2.45. The molecule has 4 nitrogen and oxygen atoms in total. The monoisotopic (exact) mass is 261 g/mol. The third kappa shape index (κ3) is 5.55. The van der Waals surface area contributed by atoms with Gasteiger partial charge in [0.2, 0.25) is 11.8 Å². The van der Waals surface area contributed by atoms with Crippen molar-refractivity contribution >= 4 is 24.4 Å². The number of carbonyl (C=O) groups excluding carboxylic acids is 2. The molecule has 0 heterocycles. The Hall–Kier alpha value is -0.550. The van der Waals surface area contributed by atoms with Gasteiger partial charge in [-0.15, -0.1) is 0 Å². The maximum Gasteiger partial charge on any atom is 0.232 e. The minimum absolute atomic E-state index is 0.0116. The predicted molar refractivity (Wildman–Crippen MR) is 71.0 cm³/mol. The van der Waals surface area contributed by atoms with E-state index in [0.29, 0.717) is 12.2 Å². The molecule has 0 aliphatic carbocycles. The third-order valence-corrected chi connectivity index (χ3v) is 3.11. The van der Waals surface area contributed by atoms with Crippen LogP contribution in [-0.2, 0) is 9.59 Å². The highest BCUT2D eigenvalue weighted by atomic mass is 32.1. The molecule has 0 radical (unpaired) electrons. The van der Waals surface area contributed by atoms with E-state index in [1.807, 2.05) is 6.92 Å². The average molecular weight is 261 g/mol. The van der Waals surface area contributed by atoms with Gasteiger partial charge in [0.25, 0.3) is 0 Å². The predicted octanol–water partition coefficient (Wildman–Crippen LogP) is 1.62. The van der Waals surface area contributed by atoms with E-state index in [9.17, 15) is 14.7 Å². The Morgan fingerprint density at radius 2 is 1.88 bits per heavy atom. The van der Waals surface area contributed by atoms with Crippen molar-refractivity contribution in [2.75, 3.05) is 5.75 Å². The number of amides is 2. The van der Waals surface area contributed by atoms with Crippen LogP contribution >= 0.6 is 12.6 Å². The summed E-state index contributed by atoms with van der Waals surface area (Å²) in [5.41, 5.74) is 0. The van der Waals surface area contributed by atoms with Crippen LogP contribution in [0.15, 0.2) is 0 Å². The zero-order valence-electron chi connectivity index (χ0n) is 10.8. The Morgan fingerprint density at radius 3 is 2.29 bits per heavy atom. The summed E-state index contributed by atoms with van der Waals surface area (Å²) < 4.78 is 0. The van der Waals surface area contributed by atoms with Gasteiger partial charge >= 0.3 is 0 Å². The molecule has 0 aromatic rings. The lowest BCUT2D eigenvalue weighted by molar-refractivity contribution is -0.147. The van der Waals surface area contributed by atoms with Crippen LogP contribution in [0.5, 0.6) is 0 Å². The van der Waals surface area contributed by atoms with Crippen molar-refractivity contribution < 1.29 is 14.7 Å². The number of nitrogens with zero attached hydrogens (tertiary/aromatic N) is 1. The number of hydrogen-bond acceptors (Lipinski definition) is 4. The molecule has 0 fully saturated rings. The molecule has 0 aromatic carbocycles. The highest BCUT2D eigenvalue weighted by molar-refractivity contribution is 7.80. The molecule has 2 unspecified atom stereocenters. The van der Waals surface area contributed by atoms with Gasteiger partial charge in [-0.1, -0.05) is 20.3 Å². The van der Waals surface area contributed by atoms with Crippen LogP contribution < -0.4 is 0 Å². The molecule has 0 saturated carbocycles. The first-order chi connectivity index (χ1) is 7.97. The van der Waals surface area contributed by atoms with Gasteiger partial charge in [-0.05, 0) is 13.3 Å². The number of imide groups is 1. The zero-order chi connectivity index (χ0) is 13.4. The zero-order valence-corrected chi connectivity index (χ0v) is 11.7. The first-order valence-electron chi connectivity index (χ1n) is 6.11. The molecule has 5 heteroatoms. The summed E-state index contributed by atoms with van der Waals surface area (Å²) in [5.74, 6) is -0.0824. The van der Waals surface area contributed by atoms with Crippen molar-refractivity contribution in [2.24, 2.45) is 0 Å². The molecule has 1 N–H and O–H groups in total. The topological polar surface area (TPSA) is 57.6 Å². The van der Waals surface area contributed by atoms with E-state index >= 15 is 0 Å². The molecule has 0 aliphatic rings. The molecule has 0 aromatic heterocycles. The second-order valence-corrected chi connectivity index (χ2v) is 4.55. The molecular weight excluding hydrogens is 238 g/mol. The van der Waals surface area contributed by atoms with Crippen LogP contribution in [0, 0.1) is 0 Å². The van der Waals surface area contributed by atoms with E-state index in [4.69, 9.17) is 0 Å². The number of thiol groups is 1. The van der Waals surface area contributed by atoms with Gasteiger partial charge in [-0.2, -0.15) is 12.6 Å². The Bertz CT molecular complexity index is 258. The van der Waals surface area contributed by atoms with E-state index in [0.717, 1.165) is 6.42 Å². The Kier molecular flexibility index (Phi) is 8.25. The summed E-state index contributed by atoms with van der Waals surface area (Å²) in [4.78, 5) is 24.9. The molecular formula is C12H23NO3S. The number of carbonyl (C=O) groups is 2. The molecule has 0 rings (SSSR count). The highest BCUT2D eigenvalue weighted by Crippen LogP contribution is 2.10. The Labute approximate surface area is 109 Å². The van der Waals surface area contributed by atoms with Gasteiger partial charge in [0.05, 0.1) is 12.5 Å². The smallest absolute Gasteiger partial charge is 0.232 e. The van der Waals surface area contributed by atoms with Crippen LogP contribution in [0.3, 0.4) is 0 Å². The standard InChI is InChI=1S/C12H23NO3S/c1-4-6-10(14)7-12(16)13(9(3)8-17)11(15)5-2/h9-10,14,17H,4-8H2,1-3H3. The van der Waals surface area contributed by atoms with Crippen LogP contribution in [0.1, 0.15) is 46.5 Å². The molecule has 0 bridgehead atoms. The van der Waals surface area contributed by atoms with Crippen LogP contribution in [-0.4, -0.2) is 39.7 Å². The normalized spacial score (nSPS) is 14.2. The van der Waals surface area contributed by atoms with Crippen LogP contribution in [0.25, 0.3) is 0 Å². The molecule has 17 heavy (non-hydrogen) atoms. The van der Waals surface area contributed by atoms with E-state index in [-0.39, 0.29) is 30.7 Å². The van der Waals surface area contributed by atoms with Gasteiger partial charge in [0.15, 0.2) is 0 Å².